The molecule has 0 saturated heterocycles. The molecular formula is C12H14N2O. The van der Waals surface area contributed by atoms with Crippen LogP contribution in [0.15, 0.2) is 30.6 Å². The summed E-state index contributed by atoms with van der Waals surface area (Å²) in [5.41, 5.74) is 6.74. The van der Waals surface area contributed by atoms with Crippen LogP contribution in [0.2, 0.25) is 0 Å². The highest BCUT2D eigenvalue weighted by Gasteiger charge is 2.03. The Kier molecular flexibility index (Phi) is 2.83. The number of methoxy groups -OCH3 is 1. The molecule has 0 bridgehead atoms. The van der Waals surface area contributed by atoms with Crippen molar-refractivity contribution in [3.8, 4) is 5.75 Å². The maximum atomic E-state index is 5.54. The maximum absolute atomic E-state index is 5.54. The van der Waals surface area contributed by atoms with E-state index in [1.165, 1.54) is 5.56 Å². The minimum absolute atomic E-state index is 0.653. The molecule has 0 aliphatic carbocycles. The quantitative estimate of drug-likeness (QED) is 0.824. The largest absolute Gasteiger partial charge is 0.496 e. The standard InChI is InChI=1S/C12H14N2O/c1-15-12-7-9(2-4-13)6-10-3-5-14-8-11(10)12/h3,5-8H,2,4,13H2,1H3. The van der Waals surface area contributed by atoms with Crippen LogP contribution in [0.25, 0.3) is 10.8 Å². The number of rotatable bonds is 3. The summed E-state index contributed by atoms with van der Waals surface area (Å²) in [5.74, 6) is 0.865. The molecule has 0 amide bonds. The number of pyridine rings is 1. The fourth-order valence-corrected chi connectivity index (χ4v) is 1.70. The zero-order chi connectivity index (χ0) is 10.7. The lowest BCUT2D eigenvalue weighted by atomic mass is 10.1. The topological polar surface area (TPSA) is 48.1 Å². The van der Waals surface area contributed by atoms with E-state index in [1.54, 1.807) is 13.3 Å². The molecule has 0 spiro atoms. The second-order valence-electron chi connectivity index (χ2n) is 3.43. The molecule has 0 saturated carbocycles. The van der Waals surface area contributed by atoms with Crippen LogP contribution in [0, 0.1) is 0 Å². The lowest BCUT2D eigenvalue weighted by molar-refractivity contribution is 0.419. The molecule has 3 heteroatoms. The Morgan fingerprint density at radius 2 is 2.27 bits per heavy atom. The molecule has 0 fully saturated rings. The van der Waals surface area contributed by atoms with Crippen molar-refractivity contribution in [1.82, 2.24) is 4.98 Å². The van der Waals surface area contributed by atoms with Gasteiger partial charge in [0.25, 0.3) is 0 Å². The molecule has 0 radical (unpaired) electrons. The fraction of sp³-hybridized carbons (Fsp3) is 0.250. The Bertz CT molecular complexity index is 468. The van der Waals surface area contributed by atoms with Crippen molar-refractivity contribution in [2.75, 3.05) is 13.7 Å². The van der Waals surface area contributed by atoms with Crippen LogP contribution in [0.3, 0.4) is 0 Å². The first kappa shape index (κ1) is 9.93. The predicted molar refractivity (Wildman–Crippen MR) is 61.1 cm³/mol. The zero-order valence-corrected chi connectivity index (χ0v) is 8.73. The summed E-state index contributed by atoms with van der Waals surface area (Å²) in [4.78, 5) is 4.09. The third-order valence-electron chi connectivity index (χ3n) is 2.43. The van der Waals surface area contributed by atoms with Gasteiger partial charge in [-0.1, -0.05) is 6.07 Å². The minimum Gasteiger partial charge on any atom is -0.496 e. The van der Waals surface area contributed by atoms with E-state index in [9.17, 15) is 0 Å². The van der Waals surface area contributed by atoms with Crippen LogP contribution in [0.4, 0.5) is 0 Å². The van der Waals surface area contributed by atoms with Gasteiger partial charge in [0.05, 0.1) is 7.11 Å². The predicted octanol–water partition coefficient (Wildman–Crippen LogP) is 1.74. The van der Waals surface area contributed by atoms with E-state index < -0.39 is 0 Å². The fourth-order valence-electron chi connectivity index (χ4n) is 1.70. The van der Waals surface area contributed by atoms with E-state index in [4.69, 9.17) is 10.5 Å². The molecule has 1 aromatic heterocycles. The summed E-state index contributed by atoms with van der Waals surface area (Å²) in [5, 5.41) is 2.19. The normalized spacial score (nSPS) is 10.5. The first-order valence-corrected chi connectivity index (χ1v) is 4.96. The summed E-state index contributed by atoms with van der Waals surface area (Å²) >= 11 is 0. The van der Waals surface area contributed by atoms with Crippen molar-refractivity contribution in [1.29, 1.82) is 0 Å². The summed E-state index contributed by atoms with van der Waals surface area (Å²) < 4.78 is 5.33. The number of nitrogens with two attached hydrogens (primary N) is 1. The van der Waals surface area contributed by atoms with Gasteiger partial charge in [0.2, 0.25) is 0 Å². The van der Waals surface area contributed by atoms with Gasteiger partial charge in [0.1, 0.15) is 5.75 Å². The molecular weight excluding hydrogens is 188 g/mol. The van der Waals surface area contributed by atoms with E-state index in [-0.39, 0.29) is 0 Å². The molecule has 1 aromatic carbocycles. The van der Waals surface area contributed by atoms with Gasteiger partial charge < -0.3 is 10.5 Å². The smallest absolute Gasteiger partial charge is 0.128 e. The van der Waals surface area contributed by atoms with Gasteiger partial charge in [0.15, 0.2) is 0 Å². The summed E-state index contributed by atoms with van der Waals surface area (Å²) in [7, 11) is 1.67. The van der Waals surface area contributed by atoms with Crippen molar-refractivity contribution in [3.05, 3.63) is 36.2 Å². The van der Waals surface area contributed by atoms with Crippen molar-refractivity contribution < 1.29 is 4.74 Å². The highest BCUT2D eigenvalue weighted by Crippen LogP contribution is 2.26. The van der Waals surface area contributed by atoms with E-state index >= 15 is 0 Å². The molecule has 0 unspecified atom stereocenters. The molecule has 15 heavy (non-hydrogen) atoms. The number of benzene rings is 1. The van der Waals surface area contributed by atoms with Crippen molar-refractivity contribution in [2.24, 2.45) is 5.73 Å². The van der Waals surface area contributed by atoms with Gasteiger partial charge in [0, 0.05) is 17.8 Å². The first-order valence-electron chi connectivity index (χ1n) is 4.96. The molecule has 0 aliphatic rings. The molecule has 78 valence electrons. The summed E-state index contributed by atoms with van der Waals surface area (Å²) in [6, 6.07) is 6.14. The molecule has 1 heterocycles. The molecule has 2 aromatic rings. The van der Waals surface area contributed by atoms with Crippen molar-refractivity contribution in [3.63, 3.8) is 0 Å². The monoisotopic (exact) mass is 202 g/mol. The van der Waals surface area contributed by atoms with Crippen LogP contribution in [0.5, 0.6) is 5.75 Å². The molecule has 0 aliphatic heterocycles. The average Bonchev–Trinajstić information content (AvgIpc) is 2.28. The third-order valence-corrected chi connectivity index (χ3v) is 2.43. The van der Waals surface area contributed by atoms with Gasteiger partial charge in [-0.2, -0.15) is 0 Å². The molecule has 2 N–H and O–H groups in total. The SMILES string of the molecule is COc1cc(CCN)cc2ccncc12. The Morgan fingerprint density at radius 1 is 1.40 bits per heavy atom. The highest BCUT2D eigenvalue weighted by molar-refractivity contribution is 5.88. The second-order valence-corrected chi connectivity index (χ2v) is 3.43. The van der Waals surface area contributed by atoms with Gasteiger partial charge in [-0.15, -0.1) is 0 Å². The maximum Gasteiger partial charge on any atom is 0.128 e. The van der Waals surface area contributed by atoms with E-state index in [0.29, 0.717) is 6.54 Å². The Labute approximate surface area is 88.9 Å². The average molecular weight is 202 g/mol. The first-order chi connectivity index (χ1) is 7.35. The van der Waals surface area contributed by atoms with Crippen molar-refractivity contribution in [2.45, 2.75) is 6.42 Å². The van der Waals surface area contributed by atoms with Crippen LogP contribution in [0.1, 0.15) is 5.56 Å². The summed E-state index contributed by atoms with van der Waals surface area (Å²) in [6.07, 6.45) is 4.48. The summed E-state index contributed by atoms with van der Waals surface area (Å²) in [6.45, 7) is 0.653. The second kappa shape index (κ2) is 4.28. The van der Waals surface area contributed by atoms with Gasteiger partial charge in [-0.05, 0) is 36.0 Å². The van der Waals surface area contributed by atoms with Gasteiger partial charge >= 0.3 is 0 Å². The van der Waals surface area contributed by atoms with Gasteiger partial charge in [-0.3, -0.25) is 4.98 Å². The van der Waals surface area contributed by atoms with Crippen molar-refractivity contribution >= 4 is 10.8 Å². The van der Waals surface area contributed by atoms with Crippen LogP contribution >= 0.6 is 0 Å². The van der Waals surface area contributed by atoms with Crippen LogP contribution < -0.4 is 10.5 Å². The van der Waals surface area contributed by atoms with Crippen LogP contribution in [-0.2, 0) is 6.42 Å². The Morgan fingerprint density at radius 3 is 3.00 bits per heavy atom. The third kappa shape index (κ3) is 1.92. The number of nitrogens with zero attached hydrogens (tertiary/aromatic N) is 1. The van der Waals surface area contributed by atoms with Gasteiger partial charge in [-0.25, -0.2) is 0 Å². The number of fused-ring (bicyclic) bond motifs is 1. The van der Waals surface area contributed by atoms with E-state index in [0.717, 1.165) is 22.9 Å². The highest BCUT2D eigenvalue weighted by atomic mass is 16.5. The van der Waals surface area contributed by atoms with Crippen LogP contribution in [-0.4, -0.2) is 18.6 Å². The lowest BCUT2D eigenvalue weighted by Crippen LogP contribution is -2.03. The zero-order valence-electron chi connectivity index (χ0n) is 8.73. The molecule has 3 nitrogen and oxygen atoms in total. The molecule has 2 rings (SSSR count). The number of hydrogen-bond acceptors (Lipinski definition) is 3. The molecule has 0 atom stereocenters. The lowest BCUT2D eigenvalue weighted by Gasteiger charge is -2.08. The number of ether oxygens (including phenoxy) is 1. The minimum atomic E-state index is 0.653. The van der Waals surface area contributed by atoms with E-state index in [2.05, 4.69) is 11.1 Å². The Hall–Kier alpha value is -1.61. The Balaban J connectivity index is 2.60. The number of aromatic nitrogens is 1. The van der Waals surface area contributed by atoms with E-state index in [1.807, 2.05) is 18.3 Å². The number of hydrogen-bond donors (Lipinski definition) is 1.